The lowest BCUT2D eigenvalue weighted by molar-refractivity contribution is 0.0762. The van der Waals surface area contributed by atoms with Gasteiger partial charge >= 0.3 is 0 Å². The third kappa shape index (κ3) is 3.63. The predicted octanol–water partition coefficient (Wildman–Crippen LogP) is 3.48. The molecule has 1 atom stereocenters. The van der Waals surface area contributed by atoms with E-state index in [1.54, 1.807) is 17.0 Å². The van der Waals surface area contributed by atoms with Crippen molar-refractivity contribution in [1.82, 2.24) is 4.90 Å². The molecule has 0 bridgehead atoms. The van der Waals surface area contributed by atoms with Crippen molar-refractivity contribution >= 4 is 17.5 Å². The lowest BCUT2D eigenvalue weighted by Crippen LogP contribution is -2.29. The number of carbonyl (C=O) groups excluding carboxylic acids is 1. The number of aliphatic hydroxyl groups excluding tert-OH is 1. The summed E-state index contributed by atoms with van der Waals surface area (Å²) in [5, 5.41) is 10.0. The molecule has 0 radical (unpaired) electrons. The van der Waals surface area contributed by atoms with E-state index in [9.17, 15) is 14.3 Å². The number of ether oxygens (including phenoxy) is 1. The fourth-order valence-electron chi connectivity index (χ4n) is 2.48. The summed E-state index contributed by atoms with van der Waals surface area (Å²) in [6.45, 7) is 0.782. The van der Waals surface area contributed by atoms with Crippen LogP contribution in [-0.4, -0.2) is 35.1 Å². The van der Waals surface area contributed by atoms with Gasteiger partial charge in [0, 0.05) is 18.1 Å². The molecule has 6 heteroatoms. The van der Waals surface area contributed by atoms with Gasteiger partial charge in [0.25, 0.3) is 5.91 Å². The minimum absolute atomic E-state index is 0.249. The van der Waals surface area contributed by atoms with Gasteiger partial charge in [-0.05, 0) is 48.9 Å². The molecule has 23 heavy (non-hydrogen) atoms. The Morgan fingerprint density at radius 1 is 1.26 bits per heavy atom. The average molecular weight is 336 g/mol. The van der Waals surface area contributed by atoms with Crippen molar-refractivity contribution in [2.45, 2.75) is 12.5 Å². The Morgan fingerprint density at radius 2 is 2.00 bits per heavy atom. The third-order valence-corrected chi connectivity index (χ3v) is 3.90. The van der Waals surface area contributed by atoms with Crippen molar-refractivity contribution in [3.05, 3.63) is 58.9 Å². The molecule has 0 spiro atoms. The van der Waals surface area contributed by atoms with Crippen LogP contribution in [0.25, 0.3) is 0 Å². The molecule has 0 unspecified atom stereocenters. The van der Waals surface area contributed by atoms with E-state index in [1.165, 1.54) is 30.3 Å². The number of hydrogen-bond donors (Lipinski definition) is 1. The molecule has 1 saturated heterocycles. The molecule has 0 aromatic heterocycles. The second kappa shape index (κ2) is 6.56. The predicted molar refractivity (Wildman–Crippen MR) is 84.5 cm³/mol. The molecule has 120 valence electrons. The zero-order chi connectivity index (χ0) is 16.4. The van der Waals surface area contributed by atoms with Crippen LogP contribution in [-0.2, 0) is 0 Å². The van der Waals surface area contributed by atoms with Crippen LogP contribution in [0.15, 0.2) is 42.5 Å². The van der Waals surface area contributed by atoms with E-state index < -0.39 is 6.10 Å². The minimum Gasteiger partial charge on any atom is -0.457 e. The summed E-state index contributed by atoms with van der Waals surface area (Å²) in [6.07, 6.45) is 0.0556. The molecule has 0 saturated carbocycles. The van der Waals surface area contributed by atoms with Gasteiger partial charge in [-0.2, -0.15) is 0 Å². The van der Waals surface area contributed by atoms with E-state index in [0.29, 0.717) is 41.6 Å². The van der Waals surface area contributed by atoms with Crippen molar-refractivity contribution in [2.75, 3.05) is 13.1 Å². The summed E-state index contributed by atoms with van der Waals surface area (Å²) in [7, 11) is 0. The molecular weight excluding hydrogens is 321 g/mol. The van der Waals surface area contributed by atoms with Gasteiger partial charge < -0.3 is 14.7 Å². The number of rotatable bonds is 3. The molecule has 3 rings (SSSR count). The first-order valence-corrected chi connectivity index (χ1v) is 7.61. The standard InChI is InChI=1S/C17H15ClFNO3/c18-11-1-6-16(23-14-4-2-12(19)3-5-14)15(9-11)17(22)20-8-7-13(21)10-20/h1-6,9,13,21H,7-8,10H2/t13-/m1/s1. The maximum atomic E-state index is 13.0. The van der Waals surface area contributed by atoms with E-state index >= 15 is 0 Å². The highest BCUT2D eigenvalue weighted by Gasteiger charge is 2.27. The quantitative estimate of drug-likeness (QED) is 0.934. The van der Waals surface area contributed by atoms with Crippen molar-refractivity contribution in [1.29, 1.82) is 0 Å². The molecule has 1 amide bonds. The van der Waals surface area contributed by atoms with Crippen LogP contribution in [0.2, 0.25) is 5.02 Å². The summed E-state index contributed by atoms with van der Waals surface area (Å²) in [5.74, 6) is 0.147. The summed E-state index contributed by atoms with van der Waals surface area (Å²) >= 11 is 5.99. The van der Waals surface area contributed by atoms with Gasteiger partial charge in [0.1, 0.15) is 17.3 Å². The Labute approximate surface area is 138 Å². The lowest BCUT2D eigenvalue weighted by Gasteiger charge is -2.18. The molecule has 1 heterocycles. The fourth-order valence-corrected chi connectivity index (χ4v) is 2.66. The molecular formula is C17H15ClFNO3. The lowest BCUT2D eigenvalue weighted by atomic mass is 10.1. The van der Waals surface area contributed by atoms with Crippen LogP contribution >= 0.6 is 11.6 Å². The second-order valence-corrected chi connectivity index (χ2v) is 5.83. The highest BCUT2D eigenvalue weighted by molar-refractivity contribution is 6.31. The number of halogens is 2. The number of likely N-dealkylation sites (tertiary alicyclic amines) is 1. The largest absolute Gasteiger partial charge is 0.457 e. The molecule has 1 N–H and O–H groups in total. The Balaban J connectivity index is 1.88. The van der Waals surface area contributed by atoms with Crippen molar-refractivity contribution < 1.29 is 19.0 Å². The van der Waals surface area contributed by atoms with Crippen molar-refractivity contribution in [3.63, 3.8) is 0 Å². The molecule has 4 nitrogen and oxygen atoms in total. The number of carbonyl (C=O) groups is 1. The summed E-state index contributed by atoms with van der Waals surface area (Å²) in [6, 6.07) is 10.3. The van der Waals surface area contributed by atoms with Gasteiger partial charge in [-0.1, -0.05) is 11.6 Å². The Hall–Kier alpha value is -2.11. The third-order valence-electron chi connectivity index (χ3n) is 3.66. The van der Waals surface area contributed by atoms with Crippen LogP contribution in [0.1, 0.15) is 16.8 Å². The first kappa shape index (κ1) is 15.8. The molecule has 1 aliphatic rings. The number of amides is 1. The maximum Gasteiger partial charge on any atom is 0.257 e. The van der Waals surface area contributed by atoms with Crippen LogP contribution in [0.3, 0.4) is 0 Å². The number of β-amino-alcohol motifs (C(OH)–C–C–N with tert-alkyl or cyclic N) is 1. The molecule has 2 aromatic rings. The van der Waals surface area contributed by atoms with Crippen LogP contribution in [0.4, 0.5) is 4.39 Å². The van der Waals surface area contributed by atoms with E-state index in [0.717, 1.165) is 0 Å². The van der Waals surface area contributed by atoms with Crippen LogP contribution < -0.4 is 4.74 Å². The second-order valence-electron chi connectivity index (χ2n) is 5.39. The van der Waals surface area contributed by atoms with Crippen molar-refractivity contribution in [2.24, 2.45) is 0 Å². The van der Waals surface area contributed by atoms with E-state index in [1.807, 2.05) is 0 Å². The smallest absolute Gasteiger partial charge is 0.257 e. The number of benzene rings is 2. The topological polar surface area (TPSA) is 49.8 Å². The Bertz CT molecular complexity index is 720. The highest BCUT2D eigenvalue weighted by Crippen LogP contribution is 2.30. The van der Waals surface area contributed by atoms with Gasteiger partial charge in [0.05, 0.1) is 11.7 Å². The Morgan fingerprint density at radius 3 is 2.65 bits per heavy atom. The van der Waals surface area contributed by atoms with Crippen LogP contribution in [0, 0.1) is 5.82 Å². The maximum absolute atomic E-state index is 13.0. The molecule has 1 aliphatic heterocycles. The average Bonchev–Trinajstić information content (AvgIpc) is 2.97. The molecule has 2 aromatic carbocycles. The number of hydrogen-bond acceptors (Lipinski definition) is 3. The van der Waals surface area contributed by atoms with Gasteiger partial charge in [0.2, 0.25) is 0 Å². The Kier molecular flexibility index (Phi) is 4.50. The fraction of sp³-hybridized carbons (Fsp3) is 0.235. The number of aliphatic hydroxyl groups is 1. The SMILES string of the molecule is O=C(c1cc(Cl)ccc1Oc1ccc(F)cc1)N1CC[C@@H](O)C1. The summed E-state index contributed by atoms with van der Waals surface area (Å²) in [5.41, 5.74) is 0.316. The first-order valence-electron chi connectivity index (χ1n) is 7.23. The van der Waals surface area contributed by atoms with Crippen LogP contribution in [0.5, 0.6) is 11.5 Å². The minimum atomic E-state index is -0.500. The monoisotopic (exact) mass is 335 g/mol. The number of nitrogens with zero attached hydrogens (tertiary/aromatic N) is 1. The molecule has 0 aliphatic carbocycles. The zero-order valence-electron chi connectivity index (χ0n) is 12.2. The van der Waals surface area contributed by atoms with E-state index in [2.05, 4.69) is 0 Å². The van der Waals surface area contributed by atoms with Gasteiger partial charge in [-0.25, -0.2) is 4.39 Å². The highest BCUT2D eigenvalue weighted by atomic mass is 35.5. The van der Waals surface area contributed by atoms with Gasteiger partial charge in [-0.15, -0.1) is 0 Å². The summed E-state index contributed by atoms with van der Waals surface area (Å²) in [4.78, 5) is 14.2. The normalized spacial score (nSPS) is 17.3. The van der Waals surface area contributed by atoms with E-state index in [-0.39, 0.29) is 11.7 Å². The van der Waals surface area contributed by atoms with E-state index in [4.69, 9.17) is 16.3 Å². The van der Waals surface area contributed by atoms with Gasteiger partial charge in [0.15, 0.2) is 0 Å². The summed E-state index contributed by atoms with van der Waals surface area (Å²) < 4.78 is 18.7. The van der Waals surface area contributed by atoms with Crippen molar-refractivity contribution in [3.8, 4) is 11.5 Å². The van der Waals surface area contributed by atoms with Gasteiger partial charge in [-0.3, -0.25) is 4.79 Å². The molecule has 1 fully saturated rings. The first-order chi connectivity index (χ1) is 11.0. The zero-order valence-corrected chi connectivity index (χ0v) is 13.0.